The number of alkyl halides is 3. The third-order valence-electron chi connectivity index (χ3n) is 1.75. The van der Waals surface area contributed by atoms with Crippen LogP contribution in [0.2, 0.25) is 0 Å². The summed E-state index contributed by atoms with van der Waals surface area (Å²) < 4.78 is 49.6. The van der Waals surface area contributed by atoms with Gasteiger partial charge in [-0.05, 0) is 30.7 Å². The van der Waals surface area contributed by atoms with Gasteiger partial charge in [0.25, 0.3) is 0 Å². The van der Waals surface area contributed by atoms with Gasteiger partial charge in [-0.2, -0.15) is 13.2 Å². The van der Waals surface area contributed by atoms with E-state index in [2.05, 4.69) is 6.58 Å². The second-order valence-electron chi connectivity index (χ2n) is 2.97. The molecule has 0 aromatic heterocycles. The molecule has 0 radical (unpaired) electrons. The Bertz CT molecular complexity index is 363. The summed E-state index contributed by atoms with van der Waals surface area (Å²) in [4.78, 5) is 0. The first-order valence-corrected chi connectivity index (χ1v) is 3.85. The van der Waals surface area contributed by atoms with Crippen LogP contribution in [-0.2, 0) is 6.18 Å². The van der Waals surface area contributed by atoms with Gasteiger partial charge in [-0.15, -0.1) is 0 Å². The molecule has 14 heavy (non-hydrogen) atoms. The van der Waals surface area contributed by atoms with Gasteiger partial charge in [0.2, 0.25) is 0 Å². The van der Waals surface area contributed by atoms with Crippen LogP contribution < -0.4 is 0 Å². The summed E-state index contributed by atoms with van der Waals surface area (Å²) in [5.74, 6) is -0.689. The van der Waals surface area contributed by atoms with E-state index in [0.717, 1.165) is 12.1 Å². The summed E-state index contributed by atoms with van der Waals surface area (Å²) in [5, 5.41) is 0. The van der Waals surface area contributed by atoms with Crippen LogP contribution in [0.1, 0.15) is 18.1 Å². The van der Waals surface area contributed by atoms with Gasteiger partial charge in [0, 0.05) is 5.56 Å². The molecular weight excluding hydrogens is 196 g/mol. The van der Waals surface area contributed by atoms with Crippen LogP contribution in [0.25, 0.3) is 5.57 Å². The van der Waals surface area contributed by atoms with Crippen molar-refractivity contribution >= 4 is 5.57 Å². The first kappa shape index (κ1) is 10.8. The van der Waals surface area contributed by atoms with E-state index in [4.69, 9.17) is 0 Å². The Labute approximate surface area is 78.9 Å². The summed E-state index contributed by atoms with van der Waals surface area (Å²) in [6, 6.07) is 2.27. The monoisotopic (exact) mass is 204 g/mol. The van der Waals surface area contributed by atoms with Gasteiger partial charge in [0.1, 0.15) is 5.82 Å². The first-order valence-electron chi connectivity index (χ1n) is 3.85. The van der Waals surface area contributed by atoms with E-state index >= 15 is 0 Å². The molecule has 1 aromatic rings. The van der Waals surface area contributed by atoms with Crippen molar-refractivity contribution in [3.63, 3.8) is 0 Å². The van der Waals surface area contributed by atoms with Gasteiger partial charge < -0.3 is 0 Å². The van der Waals surface area contributed by atoms with E-state index < -0.39 is 17.6 Å². The maximum Gasteiger partial charge on any atom is 0.416 e. The van der Waals surface area contributed by atoms with Crippen molar-refractivity contribution in [1.82, 2.24) is 0 Å². The minimum atomic E-state index is -4.45. The highest BCUT2D eigenvalue weighted by molar-refractivity contribution is 5.62. The van der Waals surface area contributed by atoms with E-state index in [1.54, 1.807) is 0 Å². The van der Waals surface area contributed by atoms with E-state index in [-0.39, 0.29) is 11.1 Å². The van der Waals surface area contributed by atoms with Gasteiger partial charge in [-0.25, -0.2) is 4.39 Å². The molecule has 0 spiro atoms. The van der Waals surface area contributed by atoms with Crippen molar-refractivity contribution in [1.29, 1.82) is 0 Å². The third kappa shape index (κ3) is 2.13. The van der Waals surface area contributed by atoms with Gasteiger partial charge in [0.15, 0.2) is 0 Å². The van der Waals surface area contributed by atoms with Crippen LogP contribution in [0.15, 0.2) is 24.8 Å². The van der Waals surface area contributed by atoms with Crippen molar-refractivity contribution in [2.75, 3.05) is 0 Å². The molecule has 0 amide bonds. The quantitative estimate of drug-likeness (QED) is 0.609. The molecule has 0 heterocycles. The lowest BCUT2D eigenvalue weighted by Gasteiger charge is -2.09. The van der Waals surface area contributed by atoms with Crippen LogP contribution in [0.5, 0.6) is 0 Å². The molecule has 0 atom stereocenters. The lowest BCUT2D eigenvalue weighted by Crippen LogP contribution is -2.05. The van der Waals surface area contributed by atoms with Crippen molar-refractivity contribution < 1.29 is 17.6 Å². The molecule has 0 saturated carbocycles. The van der Waals surface area contributed by atoms with Crippen molar-refractivity contribution in [2.24, 2.45) is 0 Å². The molecule has 0 aliphatic rings. The second kappa shape index (κ2) is 3.44. The van der Waals surface area contributed by atoms with Crippen LogP contribution in [0, 0.1) is 5.82 Å². The number of benzene rings is 1. The lowest BCUT2D eigenvalue weighted by molar-refractivity contribution is -0.137. The Balaban J connectivity index is 3.27. The fourth-order valence-corrected chi connectivity index (χ4v) is 1.03. The Kier molecular flexibility index (Phi) is 2.64. The molecule has 0 unspecified atom stereocenters. The van der Waals surface area contributed by atoms with Crippen molar-refractivity contribution in [3.05, 3.63) is 41.7 Å². The van der Waals surface area contributed by atoms with Gasteiger partial charge in [0.05, 0.1) is 5.56 Å². The fraction of sp³-hybridized carbons (Fsp3) is 0.200. The SMILES string of the molecule is C=C(C)c1cc(C(F)(F)F)ccc1F. The molecule has 0 aliphatic heterocycles. The number of hydrogen-bond donors (Lipinski definition) is 0. The molecule has 1 rings (SSSR count). The zero-order valence-corrected chi connectivity index (χ0v) is 7.45. The van der Waals surface area contributed by atoms with Crippen molar-refractivity contribution in [3.8, 4) is 0 Å². The summed E-state index contributed by atoms with van der Waals surface area (Å²) in [6.45, 7) is 4.86. The molecule has 0 saturated heterocycles. The molecule has 0 nitrogen and oxygen atoms in total. The molecule has 0 aliphatic carbocycles. The van der Waals surface area contributed by atoms with E-state index in [1.807, 2.05) is 0 Å². The summed E-state index contributed by atoms with van der Waals surface area (Å²) in [7, 11) is 0. The molecular formula is C10H8F4. The molecule has 76 valence electrons. The average Bonchev–Trinajstić information content (AvgIpc) is 2.02. The minimum absolute atomic E-state index is 0.0974. The van der Waals surface area contributed by atoms with Crippen LogP contribution >= 0.6 is 0 Å². The maximum atomic E-state index is 13.0. The number of halogens is 4. The summed E-state index contributed by atoms with van der Waals surface area (Å²) in [6.07, 6.45) is -4.45. The highest BCUT2D eigenvalue weighted by Crippen LogP contribution is 2.31. The Morgan fingerprint density at radius 1 is 1.29 bits per heavy atom. The average molecular weight is 204 g/mol. The second-order valence-corrected chi connectivity index (χ2v) is 2.97. The topological polar surface area (TPSA) is 0 Å². The minimum Gasteiger partial charge on any atom is -0.206 e. The smallest absolute Gasteiger partial charge is 0.206 e. The highest BCUT2D eigenvalue weighted by atomic mass is 19.4. The van der Waals surface area contributed by atoms with E-state index in [9.17, 15) is 17.6 Å². The number of hydrogen-bond acceptors (Lipinski definition) is 0. The highest BCUT2D eigenvalue weighted by Gasteiger charge is 2.31. The maximum absolute atomic E-state index is 13.0. The molecule has 0 fully saturated rings. The van der Waals surface area contributed by atoms with Gasteiger partial charge >= 0.3 is 6.18 Å². The summed E-state index contributed by atoms with van der Waals surface area (Å²) in [5.41, 5.74) is -0.690. The van der Waals surface area contributed by atoms with E-state index in [1.165, 1.54) is 6.92 Å². The van der Waals surface area contributed by atoms with Crippen molar-refractivity contribution in [2.45, 2.75) is 13.1 Å². The summed E-state index contributed by atoms with van der Waals surface area (Å²) >= 11 is 0. The predicted molar refractivity (Wildman–Crippen MR) is 46.1 cm³/mol. The molecule has 0 bridgehead atoms. The zero-order chi connectivity index (χ0) is 10.9. The number of rotatable bonds is 1. The predicted octanol–water partition coefficient (Wildman–Crippen LogP) is 3.88. The Morgan fingerprint density at radius 2 is 1.86 bits per heavy atom. The first-order chi connectivity index (χ1) is 6.32. The molecule has 0 N–H and O–H groups in total. The van der Waals surface area contributed by atoms with E-state index in [0.29, 0.717) is 6.07 Å². The van der Waals surface area contributed by atoms with Crippen LogP contribution in [0.4, 0.5) is 17.6 Å². The van der Waals surface area contributed by atoms with Gasteiger partial charge in [-0.1, -0.05) is 6.58 Å². The van der Waals surface area contributed by atoms with Gasteiger partial charge in [-0.3, -0.25) is 0 Å². The normalized spacial score (nSPS) is 11.5. The number of allylic oxidation sites excluding steroid dienone is 1. The fourth-order valence-electron chi connectivity index (χ4n) is 1.03. The van der Waals surface area contributed by atoms with Crippen LogP contribution in [-0.4, -0.2) is 0 Å². The molecule has 1 aromatic carbocycles. The Hall–Kier alpha value is -1.32. The lowest BCUT2D eigenvalue weighted by atomic mass is 10.0. The largest absolute Gasteiger partial charge is 0.416 e. The molecule has 4 heteroatoms. The Morgan fingerprint density at radius 3 is 2.29 bits per heavy atom. The van der Waals surface area contributed by atoms with Crippen LogP contribution in [0.3, 0.4) is 0 Å². The third-order valence-corrected chi connectivity index (χ3v) is 1.75. The standard InChI is InChI=1S/C10H8F4/c1-6(2)8-5-7(10(12,13)14)3-4-9(8)11/h3-5H,1H2,2H3. The zero-order valence-electron chi connectivity index (χ0n) is 7.45.